The molecule has 1 heterocycles. The predicted molar refractivity (Wildman–Crippen MR) is 67.1 cm³/mol. The van der Waals surface area contributed by atoms with Crippen molar-refractivity contribution in [2.45, 2.75) is 56.9 Å². The Hall–Kier alpha value is -1.46. The molecule has 19 heavy (non-hydrogen) atoms. The minimum atomic E-state index is -2.64. The van der Waals surface area contributed by atoms with Crippen LogP contribution in [-0.2, 0) is 5.41 Å². The van der Waals surface area contributed by atoms with Gasteiger partial charge in [-0.3, -0.25) is 0 Å². The van der Waals surface area contributed by atoms with Crippen LogP contribution in [0.2, 0.25) is 0 Å². The summed E-state index contributed by atoms with van der Waals surface area (Å²) in [5, 5.41) is 3.08. The zero-order chi connectivity index (χ0) is 14.1. The SMILES string of the molecule is Cc1ncc(C2(C(C)N=O)CCC(F)(F)CC2)cn1. The van der Waals surface area contributed by atoms with E-state index in [0.29, 0.717) is 5.82 Å². The summed E-state index contributed by atoms with van der Waals surface area (Å²) >= 11 is 0. The fraction of sp³-hybridized carbons (Fsp3) is 0.692. The third-order valence-electron chi connectivity index (χ3n) is 4.19. The molecule has 1 atom stereocenters. The van der Waals surface area contributed by atoms with Crippen molar-refractivity contribution in [3.05, 3.63) is 28.7 Å². The van der Waals surface area contributed by atoms with Gasteiger partial charge in [0.1, 0.15) is 5.82 Å². The van der Waals surface area contributed by atoms with Crippen molar-refractivity contribution in [2.75, 3.05) is 0 Å². The van der Waals surface area contributed by atoms with E-state index in [2.05, 4.69) is 15.1 Å². The molecule has 1 unspecified atom stereocenters. The number of aromatic nitrogens is 2. The topological polar surface area (TPSA) is 55.2 Å². The van der Waals surface area contributed by atoms with Crippen LogP contribution in [0.3, 0.4) is 0 Å². The van der Waals surface area contributed by atoms with Gasteiger partial charge < -0.3 is 0 Å². The van der Waals surface area contributed by atoms with Gasteiger partial charge in [0.15, 0.2) is 0 Å². The maximum atomic E-state index is 13.4. The van der Waals surface area contributed by atoms with E-state index in [-0.39, 0.29) is 25.7 Å². The number of aryl methyl sites for hydroxylation is 1. The summed E-state index contributed by atoms with van der Waals surface area (Å²) in [4.78, 5) is 19.2. The lowest BCUT2D eigenvalue weighted by Crippen LogP contribution is -2.43. The van der Waals surface area contributed by atoms with Crippen LogP contribution in [-0.4, -0.2) is 21.9 Å². The average Bonchev–Trinajstić information content (AvgIpc) is 2.39. The summed E-state index contributed by atoms with van der Waals surface area (Å²) < 4.78 is 26.7. The van der Waals surface area contributed by atoms with Crippen molar-refractivity contribution in [1.82, 2.24) is 9.97 Å². The number of nitroso groups, excluding NO2 is 1. The summed E-state index contributed by atoms with van der Waals surface area (Å²) in [6, 6.07) is -0.560. The third-order valence-corrected chi connectivity index (χ3v) is 4.19. The molecule has 4 nitrogen and oxygen atoms in total. The van der Waals surface area contributed by atoms with E-state index in [1.807, 2.05) is 0 Å². The molecule has 1 fully saturated rings. The Morgan fingerprint density at radius 3 is 2.21 bits per heavy atom. The van der Waals surface area contributed by atoms with E-state index in [4.69, 9.17) is 0 Å². The molecular formula is C13H17F2N3O. The lowest BCUT2D eigenvalue weighted by atomic mass is 9.65. The number of nitrogens with zero attached hydrogens (tertiary/aromatic N) is 3. The Balaban J connectivity index is 2.36. The van der Waals surface area contributed by atoms with Gasteiger partial charge in [0.25, 0.3) is 0 Å². The van der Waals surface area contributed by atoms with E-state index in [1.54, 1.807) is 26.2 Å². The van der Waals surface area contributed by atoms with Crippen LogP contribution < -0.4 is 0 Å². The van der Waals surface area contributed by atoms with Crippen LogP contribution in [0.15, 0.2) is 17.6 Å². The second kappa shape index (κ2) is 4.90. The molecule has 0 aliphatic heterocycles. The van der Waals surface area contributed by atoms with Gasteiger partial charge in [-0.25, -0.2) is 18.7 Å². The highest BCUT2D eigenvalue weighted by Gasteiger charge is 2.48. The van der Waals surface area contributed by atoms with Crippen LogP contribution >= 0.6 is 0 Å². The fourth-order valence-electron chi connectivity index (χ4n) is 2.76. The van der Waals surface area contributed by atoms with Crippen LogP contribution in [0.5, 0.6) is 0 Å². The first-order valence-corrected chi connectivity index (χ1v) is 6.39. The first-order chi connectivity index (χ1) is 8.89. The van der Waals surface area contributed by atoms with E-state index < -0.39 is 17.4 Å². The Labute approximate surface area is 110 Å². The van der Waals surface area contributed by atoms with E-state index in [9.17, 15) is 13.7 Å². The lowest BCUT2D eigenvalue weighted by molar-refractivity contribution is -0.0547. The molecule has 1 aromatic rings. The van der Waals surface area contributed by atoms with Crippen LogP contribution in [0.4, 0.5) is 8.78 Å². The lowest BCUT2D eigenvalue weighted by Gasteiger charge is -2.41. The molecule has 6 heteroatoms. The van der Waals surface area contributed by atoms with Gasteiger partial charge in [-0.2, -0.15) is 4.91 Å². The van der Waals surface area contributed by atoms with Gasteiger partial charge in [0.05, 0.1) is 6.04 Å². The monoisotopic (exact) mass is 269 g/mol. The molecule has 0 aromatic carbocycles. The van der Waals surface area contributed by atoms with Crippen LogP contribution in [0.1, 0.15) is 44.0 Å². The Morgan fingerprint density at radius 1 is 1.21 bits per heavy atom. The largest absolute Gasteiger partial charge is 0.248 e. The van der Waals surface area contributed by atoms with Crippen molar-refractivity contribution in [3.8, 4) is 0 Å². The Kier molecular flexibility index (Phi) is 3.60. The van der Waals surface area contributed by atoms with Gasteiger partial charge in [-0.1, -0.05) is 5.18 Å². The second-order valence-corrected chi connectivity index (χ2v) is 5.31. The first-order valence-electron chi connectivity index (χ1n) is 6.39. The zero-order valence-electron chi connectivity index (χ0n) is 11.1. The van der Waals surface area contributed by atoms with Gasteiger partial charge >= 0.3 is 0 Å². The maximum absolute atomic E-state index is 13.4. The molecule has 2 rings (SSSR count). The maximum Gasteiger partial charge on any atom is 0.248 e. The minimum absolute atomic E-state index is 0.221. The van der Waals surface area contributed by atoms with Crippen molar-refractivity contribution in [2.24, 2.45) is 5.18 Å². The van der Waals surface area contributed by atoms with Gasteiger partial charge in [-0.15, -0.1) is 0 Å². The number of rotatable bonds is 3. The number of alkyl halides is 2. The van der Waals surface area contributed by atoms with Crippen molar-refractivity contribution >= 4 is 0 Å². The second-order valence-electron chi connectivity index (χ2n) is 5.31. The highest BCUT2D eigenvalue weighted by Crippen LogP contribution is 2.47. The van der Waals surface area contributed by atoms with E-state index in [0.717, 1.165) is 5.56 Å². The highest BCUT2D eigenvalue weighted by atomic mass is 19.3. The van der Waals surface area contributed by atoms with Gasteiger partial charge in [-0.05, 0) is 32.3 Å². The molecule has 1 aliphatic rings. The average molecular weight is 269 g/mol. The standard InChI is InChI=1S/C13H17F2N3O/c1-9(18-19)12(3-5-13(14,15)6-4-12)11-7-16-10(2)17-8-11/h7-9H,3-6H2,1-2H3. The van der Waals surface area contributed by atoms with Gasteiger partial charge in [0.2, 0.25) is 5.92 Å². The Bertz CT molecular complexity index is 451. The van der Waals surface area contributed by atoms with E-state index in [1.165, 1.54) is 0 Å². The fourth-order valence-corrected chi connectivity index (χ4v) is 2.76. The number of halogens is 2. The van der Waals surface area contributed by atoms with E-state index >= 15 is 0 Å². The molecule has 0 spiro atoms. The number of hydrogen-bond donors (Lipinski definition) is 0. The summed E-state index contributed by atoms with van der Waals surface area (Å²) in [6.45, 7) is 3.43. The quantitative estimate of drug-likeness (QED) is 0.790. The molecule has 0 amide bonds. The van der Waals surface area contributed by atoms with Crippen molar-refractivity contribution in [3.63, 3.8) is 0 Å². The summed E-state index contributed by atoms with van der Waals surface area (Å²) in [5.74, 6) is -2.02. The molecule has 0 radical (unpaired) electrons. The smallest absolute Gasteiger partial charge is 0.241 e. The zero-order valence-corrected chi connectivity index (χ0v) is 11.1. The van der Waals surface area contributed by atoms with Crippen LogP contribution in [0.25, 0.3) is 0 Å². The molecule has 1 aromatic heterocycles. The third kappa shape index (κ3) is 2.62. The van der Waals surface area contributed by atoms with Crippen molar-refractivity contribution in [1.29, 1.82) is 0 Å². The van der Waals surface area contributed by atoms with Crippen molar-refractivity contribution < 1.29 is 8.78 Å². The molecule has 1 aliphatic carbocycles. The molecular weight excluding hydrogens is 252 g/mol. The minimum Gasteiger partial charge on any atom is -0.241 e. The molecule has 0 N–H and O–H groups in total. The number of hydrogen-bond acceptors (Lipinski definition) is 4. The molecule has 1 saturated carbocycles. The van der Waals surface area contributed by atoms with Crippen LogP contribution in [0, 0.1) is 11.8 Å². The predicted octanol–water partition coefficient (Wildman–Crippen LogP) is 3.39. The normalized spacial score (nSPS) is 22.7. The highest BCUT2D eigenvalue weighted by molar-refractivity contribution is 5.24. The summed E-state index contributed by atoms with van der Waals surface area (Å²) in [7, 11) is 0. The summed E-state index contributed by atoms with van der Waals surface area (Å²) in [5.41, 5.74) is 0.0811. The molecule has 104 valence electrons. The molecule has 0 bridgehead atoms. The summed E-state index contributed by atoms with van der Waals surface area (Å²) in [6.07, 6.45) is 3.29. The first kappa shape index (κ1) is 14.0. The van der Waals surface area contributed by atoms with Gasteiger partial charge in [0, 0.05) is 30.7 Å². The Morgan fingerprint density at radius 2 is 1.74 bits per heavy atom. The molecule has 0 saturated heterocycles.